The number of benzene rings is 3. The van der Waals surface area contributed by atoms with Crippen LogP contribution in [0.2, 0.25) is 0 Å². The number of rotatable bonds is 8. The summed E-state index contributed by atoms with van der Waals surface area (Å²) in [6.07, 6.45) is 0.404. The lowest BCUT2D eigenvalue weighted by atomic mass is 10.0. The predicted molar refractivity (Wildman–Crippen MR) is 126 cm³/mol. The number of carbonyl (C=O) groups is 2. The first kappa shape index (κ1) is 22.4. The Hall–Kier alpha value is -3.80. The summed E-state index contributed by atoms with van der Waals surface area (Å²) in [5, 5.41) is 2.96. The minimum atomic E-state index is -0.697. The fourth-order valence-corrected chi connectivity index (χ4v) is 3.91. The second kappa shape index (κ2) is 10.7. The number of hydrogen-bond acceptors (Lipinski definition) is 4. The predicted octanol–water partition coefficient (Wildman–Crippen LogP) is 3.85. The number of hydrogen-bond donors (Lipinski definition) is 1. The molecule has 6 heteroatoms. The zero-order chi connectivity index (χ0) is 23.0. The molecule has 2 amide bonds. The molecule has 1 atom stereocenters. The molecule has 170 valence electrons. The fraction of sp³-hybridized carbons (Fsp3) is 0.259. The summed E-state index contributed by atoms with van der Waals surface area (Å²) in [5.74, 6) is 0.970. The van der Waals surface area contributed by atoms with Crippen molar-refractivity contribution in [3.05, 3.63) is 95.6 Å². The van der Waals surface area contributed by atoms with Crippen LogP contribution in [0.5, 0.6) is 11.5 Å². The first-order valence-electron chi connectivity index (χ1n) is 11.2. The molecular formula is C27H28N2O4. The van der Waals surface area contributed by atoms with Crippen LogP contribution in [0.4, 0.5) is 0 Å². The number of likely N-dealkylation sites (N-methyl/N-ethyl adjacent to an activating group) is 1. The summed E-state index contributed by atoms with van der Waals surface area (Å²) in [6, 6.07) is 23.7. The molecule has 0 saturated carbocycles. The van der Waals surface area contributed by atoms with E-state index in [0.29, 0.717) is 49.8 Å². The average Bonchev–Trinajstić information content (AvgIpc) is 2.87. The molecule has 0 bridgehead atoms. The minimum Gasteiger partial charge on any atom is -0.486 e. The van der Waals surface area contributed by atoms with Crippen LogP contribution in [-0.4, -0.2) is 42.5 Å². The standard InChI is InChI=1S/C27H28N2O4/c1-2-29(19-22-14-9-15-24-25(22)33-17-16-32-24)27(31)23(18-20-10-5-3-6-11-20)28-26(30)21-12-7-4-8-13-21/h3-15,23H,2,16-19H2,1H3,(H,28,30). The van der Waals surface area contributed by atoms with Gasteiger partial charge in [-0.05, 0) is 30.7 Å². The number of para-hydroxylation sites is 1. The molecule has 1 aliphatic heterocycles. The molecule has 33 heavy (non-hydrogen) atoms. The van der Waals surface area contributed by atoms with Crippen LogP contribution in [-0.2, 0) is 17.8 Å². The smallest absolute Gasteiger partial charge is 0.251 e. The molecule has 1 unspecified atom stereocenters. The molecule has 3 aromatic rings. The topological polar surface area (TPSA) is 67.9 Å². The number of fused-ring (bicyclic) bond motifs is 1. The summed E-state index contributed by atoms with van der Waals surface area (Å²) < 4.78 is 11.5. The zero-order valence-corrected chi connectivity index (χ0v) is 18.7. The van der Waals surface area contributed by atoms with Gasteiger partial charge in [-0.1, -0.05) is 60.7 Å². The van der Waals surface area contributed by atoms with Gasteiger partial charge in [0, 0.05) is 30.6 Å². The molecule has 0 fully saturated rings. The van der Waals surface area contributed by atoms with Crippen LogP contribution >= 0.6 is 0 Å². The fourth-order valence-electron chi connectivity index (χ4n) is 3.91. The molecule has 4 rings (SSSR count). The summed E-state index contributed by atoms with van der Waals surface area (Å²) >= 11 is 0. The molecule has 1 aliphatic rings. The van der Waals surface area contributed by atoms with E-state index in [1.54, 1.807) is 17.0 Å². The largest absolute Gasteiger partial charge is 0.486 e. The maximum Gasteiger partial charge on any atom is 0.251 e. The van der Waals surface area contributed by atoms with Gasteiger partial charge < -0.3 is 19.7 Å². The minimum absolute atomic E-state index is 0.139. The molecule has 0 spiro atoms. The van der Waals surface area contributed by atoms with Gasteiger partial charge in [0.15, 0.2) is 11.5 Å². The summed E-state index contributed by atoms with van der Waals surface area (Å²) in [6.45, 7) is 3.79. The van der Waals surface area contributed by atoms with Crippen LogP contribution in [0.25, 0.3) is 0 Å². The van der Waals surface area contributed by atoms with Gasteiger partial charge >= 0.3 is 0 Å². The molecule has 0 saturated heterocycles. The van der Waals surface area contributed by atoms with Crippen molar-refractivity contribution in [2.24, 2.45) is 0 Å². The zero-order valence-electron chi connectivity index (χ0n) is 18.7. The maximum absolute atomic E-state index is 13.7. The van der Waals surface area contributed by atoms with Crippen LogP contribution in [0, 0.1) is 0 Å². The third kappa shape index (κ3) is 5.52. The van der Waals surface area contributed by atoms with Gasteiger partial charge in [-0.15, -0.1) is 0 Å². The van der Waals surface area contributed by atoms with E-state index in [1.807, 2.05) is 73.7 Å². The highest BCUT2D eigenvalue weighted by Gasteiger charge is 2.27. The lowest BCUT2D eigenvalue weighted by Gasteiger charge is -2.29. The van der Waals surface area contributed by atoms with Crippen LogP contribution < -0.4 is 14.8 Å². The average molecular weight is 445 g/mol. The van der Waals surface area contributed by atoms with Gasteiger partial charge in [0.1, 0.15) is 19.3 Å². The number of ether oxygens (including phenoxy) is 2. The normalized spacial score (nSPS) is 13.1. The monoisotopic (exact) mass is 444 g/mol. The van der Waals surface area contributed by atoms with Gasteiger partial charge in [0.05, 0.1) is 0 Å². The Kier molecular flexibility index (Phi) is 7.25. The Bertz CT molecular complexity index is 1090. The highest BCUT2D eigenvalue weighted by Crippen LogP contribution is 2.34. The van der Waals surface area contributed by atoms with Crippen molar-refractivity contribution < 1.29 is 19.1 Å². The second-order valence-corrected chi connectivity index (χ2v) is 7.88. The lowest BCUT2D eigenvalue weighted by molar-refractivity contribution is -0.133. The van der Waals surface area contributed by atoms with Crippen molar-refractivity contribution in [3.63, 3.8) is 0 Å². The molecule has 3 aromatic carbocycles. The van der Waals surface area contributed by atoms with Crippen LogP contribution in [0.1, 0.15) is 28.4 Å². The third-order valence-corrected chi connectivity index (χ3v) is 5.62. The second-order valence-electron chi connectivity index (χ2n) is 7.88. The molecule has 6 nitrogen and oxygen atoms in total. The molecule has 1 N–H and O–H groups in total. The van der Waals surface area contributed by atoms with E-state index in [9.17, 15) is 9.59 Å². The van der Waals surface area contributed by atoms with Gasteiger partial charge in [0.2, 0.25) is 5.91 Å². The number of carbonyl (C=O) groups excluding carboxylic acids is 2. The Morgan fingerprint density at radius 3 is 2.33 bits per heavy atom. The van der Waals surface area contributed by atoms with Crippen molar-refractivity contribution in [1.29, 1.82) is 0 Å². The summed E-state index contributed by atoms with van der Waals surface area (Å²) in [4.78, 5) is 28.3. The van der Waals surface area contributed by atoms with Gasteiger partial charge in [-0.2, -0.15) is 0 Å². The molecule has 0 aromatic heterocycles. The van der Waals surface area contributed by atoms with Crippen molar-refractivity contribution in [3.8, 4) is 11.5 Å². The Labute approximate surface area is 194 Å². The van der Waals surface area contributed by atoms with Crippen molar-refractivity contribution in [1.82, 2.24) is 10.2 Å². The SMILES string of the molecule is CCN(Cc1cccc2c1OCCO2)C(=O)C(Cc1ccccc1)NC(=O)c1ccccc1. The first-order valence-corrected chi connectivity index (χ1v) is 11.2. The van der Waals surface area contributed by atoms with Gasteiger partial charge in [-0.3, -0.25) is 9.59 Å². The van der Waals surface area contributed by atoms with E-state index in [4.69, 9.17) is 9.47 Å². The van der Waals surface area contributed by atoms with Crippen LogP contribution in [0.3, 0.4) is 0 Å². The van der Waals surface area contributed by atoms with Crippen molar-refractivity contribution >= 4 is 11.8 Å². The third-order valence-electron chi connectivity index (χ3n) is 5.62. The molecular weight excluding hydrogens is 416 g/mol. The first-order chi connectivity index (χ1) is 16.2. The number of nitrogens with one attached hydrogen (secondary N) is 1. The quantitative estimate of drug-likeness (QED) is 0.573. The summed E-state index contributed by atoms with van der Waals surface area (Å²) in [5.41, 5.74) is 2.39. The highest BCUT2D eigenvalue weighted by molar-refractivity contribution is 5.97. The van der Waals surface area contributed by atoms with E-state index < -0.39 is 6.04 Å². The number of amides is 2. The molecule has 0 aliphatic carbocycles. The Balaban J connectivity index is 1.56. The Morgan fingerprint density at radius 2 is 1.61 bits per heavy atom. The Morgan fingerprint density at radius 1 is 0.909 bits per heavy atom. The lowest BCUT2D eigenvalue weighted by Crippen LogP contribution is -2.49. The maximum atomic E-state index is 13.7. The van der Waals surface area contributed by atoms with E-state index in [2.05, 4.69) is 5.32 Å². The van der Waals surface area contributed by atoms with Crippen molar-refractivity contribution in [2.45, 2.75) is 25.9 Å². The highest BCUT2D eigenvalue weighted by atomic mass is 16.6. The van der Waals surface area contributed by atoms with Crippen molar-refractivity contribution in [2.75, 3.05) is 19.8 Å². The van der Waals surface area contributed by atoms with E-state index in [0.717, 1.165) is 11.1 Å². The van der Waals surface area contributed by atoms with Crippen LogP contribution in [0.15, 0.2) is 78.9 Å². The summed E-state index contributed by atoms with van der Waals surface area (Å²) in [7, 11) is 0. The molecule has 0 radical (unpaired) electrons. The van der Waals surface area contributed by atoms with E-state index in [-0.39, 0.29) is 11.8 Å². The van der Waals surface area contributed by atoms with Gasteiger partial charge in [-0.25, -0.2) is 0 Å². The van der Waals surface area contributed by atoms with Gasteiger partial charge in [0.25, 0.3) is 5.91 Å². The molecule has 1 heterocycles. The van der Waals surface area contributed by atoms with E-state index in [1.165, 1.54) is 0 Å². The van der Waals surface area contributed by atoms with E-state index >= 15 is 0 Å². The number of nitrogens with zero attached hydrogens (tertiary/aromatic N) is 1.